The minimum Gasteiger partial charge on any atom is -0.480 e. The van der Waals surface area contributed by atoms with Crippen LogP contribution in [0, 0.1) is 0 Å². The molecular formula is C12H35N3O27P8. The van der Waals surface area contributed by atoms with E-state index in [1.54, 1.807) is 0 Å². The van der Waals surface area contributed by atoms with Gasteiger partial charge in [0, 0.05) is 26.2 Å². The summed E-state index contributed by atoms with van der Waals surface area (Å²) >= 11 is 0. The molecule has 0 aliphatic carbocycles. The van der Waals surface area contributed by atoms with E-state index in [2.05, 4.69) is 0 Å². The Kier molecular flexibility index (Phi) is 17.3. The molecular weight excluding hydrogens is 866 g/mol. The van der Waals surface area contributed by atoms with Gasteiger partial charge < -0.3 is 88.5 Å². The van der Waals surface area contributed by atoms with Gasteiger partial charge in [-0.1, -0.05) is 0 Å². The molecule has 300 valence electrons. The van der Waals surface area contributed by atoms with Crippen LogP contribution in [-0.2, 0) is 41.3 Å². The monoisotopic (exact) mass is 901 g/mol. The van der Waals surface area contributed by atoms with Gasteiger partial charge in [-0.25, -0.2) is 0 Å². The number of carboxylic acid groups (broad SMARTS) is 1. The fourth-order valence-electron chi connectivity index (χ4n) is 4.58. The molecule has 0 amide bonds. The van der Waals surface area contributed by atoms with Crippen molar-refractivity contribution in [2.24, 2.45) is 0 Å². The Morgan fingerprint density at radius 3 is 0.740 bits per heavy atom. The van der Waals surface area contributed by atoms with Crippen LogP contribution in [0.3, 0.4) is 0 Å². The summed E-state index contributed by atoms with van der Waals surface area (Å²) < 4.78 is 96.9. The highest BCUT2D eigenvalue weighted by Gasteiger charge is 2.60. The third-order valence-electron chi connectivity index (χ3n) is 5.99. The molecule has 0 aromatic heterocycles. The number of carbonyl (C=O) groups is 1. The average molecular weight is 901 g/mol. The summed E-state index contributed by atoms with van der Waals surface area (Å²) in [5.74, 6) is -2.19. The summed E-state index contributed by atoms with van der Waals surface area (Å²) in [5, 5.41) is 19.8. The Hall–Kier alpha value is 0.510. The Balaban J connectivity index is 7.78. The third-order valence-corrected chi connectivity index (χ3v) is 20.4. The van der Waals surface area contributed by atoms with Gasteiger partial charge in [0.2, 0.25) is 22.1 Å². The van der Waals surface area contributed by atoms with E-state index in [-0.39, 0.29) is 4.90 Å². The first-order valence-electron chi connectivity index (χ1n) is 12.2. The maximum Gasteiger partial charge on any atom is 0.355 e. The van der Waals surface area contributed by atoms with Gasteiger partial charge in [0.05, 0.1) is 6.10 Å². The number of carboxylic acids is 1. The minimum absolute atomic E-state index is 0.0760. The summed E-state index contributed by atoms with van der Waals surface area (Å²) in [6, 6.07) is -2.56. The topological polar surface area (TPSA) is 527 Å². The molecule has 50 heavy (non-hydrogen) atoms. The van der Waals surface area contributed by atoms with Crippen LogP contribution in [0.5, 0.6) is 0 Å². The molecule has 0 saturated carbocycles. The second-order valence-electron chi connectivity index (χ2n) is 10.1. The SMILES string of the molecule is C[C@@H](O)[C@@H](C(=O)O)N(CCN(C(P(=O)(O)O)P(=O)(O)O)C(P(=O)(O)O)P(=O)(O)O)CCN(C(P(=O)(O)O)P(=O)(O)O)C(P(=O)(O)O)P(=O)(O)O. The summed E-state index contributed by atoms with van der Waals surface area (Å²) in [6.07, 6.45) is -2.24. The van der Waals surface area contributed by atoms with Crippen molar-refractivity contribution in [1.82, 2.24) is 14.7 Å². The van der Waals surface area contributed by atoms with E-state index in [1.807, 2.05) is 0 Å². The predicted octanol–water partition coefficient (Wildman–Crippen LogP) is -4.72. The molecule has 2 atom stereocenters. The molecule has 0 aliphatic heterocycles. The van der Waals surface area contributed by atoms with Crippen LogP contribution in [0.2, 0.25) is 0 Å². The van der Waals surface area contributed by atoms with Gasteiger partial charge in [0.1, 0.15) is 6.04 Å². The Morgan fingerprint density at radius 2 is 0.620 bits per heavy atom. The molecule has 0 unspecified atom stereocenters. The van der Waals surface area contributed by atoms with Gasteiger partial charge in [0.15, 0.2) is 0 Å². The summed E-state index contributed by atoms with van der Waals surface area (Å²) in [7, 11) is -51.7. The van der Waals surface area contributed by atoms with E-state index in [0.29, 0.717) is 6.92 Å². The lowest BCUT2D eigenvalue weighted by Gasteiger charge is -2.41. The largest absolute Gasteiger partial charge is 0.480 e. The van der Waals surface area contributed by atoms with E-state index < -0.39 is 137 Å². The molecule has 0 aromatic rings. The Labute approximate surface area is 278 Å². The van der Waals surface area contributed by atoms with Gasteiger partial charge in [-0.15, -0.1) is 0 Å². The van der Waals surface area contributed by atoms with Crippen molar-refractivity contribution in [1.29, 1.82) is 0 Å². The summed E-state index contributed by atoms with van der Waals surface area (Å²) in [6.45, 7) is -6.31. The summed E-state index contributed by atoms with van der Waals surface area (Å²) in [4.78, 5) is 165. The molecule has 18 N–H and O–H groups in total. The lowest BCUT2D eigenvalue weighted by Crippen LogP contribution is -2.55. The number of hydrogen-bond donors (Lipinski definition) is 18. The van der Waals surface area contributed by atoms with Crippen LogP contribution >= 0.6 is 60.8 Å². The summed E-state index contributed by atoms with van der Waals surface area (Å²) in [5.41, 5.74) is -15.3. The van der Waals surface area contributed by atoms with Gasteiger partial charge in [-0.2, -0.15) is 0 Å². The van der Waals surface area contributed by atoms with Crippen molar-refractivity contribution in [2.75, 3.05) is 26.2 Å². The molecule has 30 nitrogen and oxygen atoms in total. The van der Waals surface area contributed by atoms with Crippen molar-refractivity contribution in [2.45, 2.75) is 41.2 Å². The molecule has 0 saturated heterocycles. The van der Waals surface area contributed by atoms with E-state index in [9.17, 15) is 130 Å². The van der Waals surface area contributed by atoms with Crippen molar-refractivity contribution in [3.8, 4) is 0 Å². The normalized spacial score (nSPS) is 16.4. The maximum atomic E-state index is 12.1. The highest BCUT2D eigenvalue weighted by Crippen LogP contribution is 2.70. The van der Waals surface area contributed by atoms with Crippen LogP contribution in [0.1, 0.15) is 6.92 Å². The molecule has 0 heterocycles. The number of nitrogens with zero attached hydrogens (tertiary/aromatic N) is 3. The second-order valence-corrected chi connectivity index (χ2v) is 25.1. The molecule has 0 bridgehead atoms. The van der Waals surface area contributed by atoms with Gasteiger partial charge in [0.25, 0.3) is 0 Å². The van der Waals surface area contributed by atoms with Gasteiger partial charge >= 0.3 is 66.7 Å². The Bertz CT molecular complexity index is 1300. The van der Waals surface area contributed by atoms with Crippen molar-refractivity contribution in [3.05, 3.63) is 0 Å². The fourth-order valence-corrected chi connectivity index (χ4v) is 16.8. The zero-order valence-electron chi connectivity index (χ0n) is 24.4. The standard InChI is InChI=1S/C12H35N3O27P8/c1-6(16)7(8(17)18)13(2-4-14(9(43(19,20)21)44(22,23)24)10(45(25,26)27)46(28,29)30)3-5-15(11(47(31,32)33)48(34,35)36)12(49(37,38)39)50(40,41)42/h6-7,9-12,16H,2-5H2,1H3,(H,17,18)(H2,19,20,21)(H2,22,23,24)(H2,25,26,27)(H2,28,29,30)(H2,31,32,33)(H2,34,35,36)(H2,37,38,39)(H2,40,41,42)/t6-,7+/m1/s1. The van der Waals surface area contributed by atoms with Crippen LogP contribution in [0.4, 0.5) is 0 Å². The second kappa shape index (κ2) is 17.1. The first-order valence-corrected chi connectivity index (χ1v) is 25.6. The first-order chi connectivity index (χ1) is 21.6. The van der Waals surface area contributed by atoms with Crippen molar-refractivity contribution >= 4 is 66.7 Å². The Morgan fingerprint density at radius 1 is 0.440 bits per heavy atom. The number of aliphatic hydroxyl groups excluding tert-OH is 1. The molecule has 0 fully saturated rings. The lowest BCUT2D eigenvalue weighted by atomic mass is 10.1. The quantitative estimate of drug-likeness (QED) is 0.0481. The number of aliphatic hydroxyl groups is 1. The van der Waals surface area contributed by atoms with E-state index in [4.69, 9.17) is 0 Å². The maximum absolute atomic E-state index is 12.1. The van der Waals surface area contributed by atoms with Gasteiger partial charge in [-0.3, -0.25) is 56.0 Å². The zero-order chi connectivity index (χ0) is 40.6. The van der Waals surface area contributed by atoms with Crippen LogP contribution in [0.25, 0.3) is 0 Å². The molecule has 0 rings (SSSR count). The highest BCUT2D eigenvalue weighted by atomic mass is 31.3. The van der Waals surface area contributed by atoms with Gasteiger partial charge in [-0.05, 0) is 6.92 Å². The van der Waals surface area contributed by atoms with E-state index in [0.717, 1.165) is 0 Å². The predicted molar refractivity (Wildman–Crippen MR) is 160 cm³/mol. The van der Waals surface area contributed by atoms with Crippen molar-refractivity contribution < 1.29 is 130 Å². The zero-order valence-corrected chi connectivity index (χ0v) is 31.6. The van der Waals surface area contributed by atoms with E-state index >= 15 is 0 Å². The van der Waals surface area contributed by atoms with Crippen LogP contribution < -0.4 is 0 Å². The number of rotatable bonds is 21. The smallest absolute Gasteiger partial charge is 0.355 e. The molecule has 0 spiro atoms. The number of aliphatic carboxylic acids is 1. The highest BCUT2D eigenvalue weighted by molar-refractivity contribution is 7.73. The van der Waals surface area contributed by atoms with E-state index in [1.165, 1.54) is 0 Å². The minimum atomic E-state index is -6.46. The average Bonchev–Trinajstić information content (AvgIpc) is 2.71. The fraction of sp³-hybridized carbons (Fsp3) is 0.917. The van der Waals surface area contributed by atoms with Crippen LogP contribution in [0.15, 0.2) is 0 Å². The molecule has 38 heteroatoms. The first kappa shape index (κ1) is 50.5. The third kappa shape index (κ3) is 14.6. The molecule has 0 radical (unpaired) electrons. The molecule has 0 aromatic carbocycles. The lowest BCUT2D eigenvalue weighted by molar-refractivity contribution is -0.147. The molecule has 0 aliphatic rings. The van der Waals surface area contributed by atoms with Crippen molar-refractivity contribution in [3.63, 3.8) is 0 Å². The number of hydrogen-bond acceptors (Lipinski definition) is 13. The van der Waals surface area contributed by atoms with Crippen LogP contribution in [-0.4, -0.2) is 170 Å².